The summed E-state index contributed by atoms with van der Waals surface area (Å²) in [5.74, 6) is -0.0488. The fraction of sp³-hybridized carbons (Fsp3) is 0.292. The van der Waals surface area contributed by atoms with E-state index in [1.165, 1.54) is 16.5 Å². The molecule has 0 spiro atoms. The van der Waals surface area contributed by atoms with Crippen molar-refractivity contribution < 1.29 is 9.53 Å². The number of rotatable bonds is 4. The molecule has 0 aliphatic carbocycles. The number of aromatic nitrogens is 2. The number of nitrogens with zero attached hydrogens (tertiary/aromatic N) is 3. The van der Waals surface area contributed by atoms with Gasteiger partial charge in [0.2, 0.25) is 0 Å². The van der Waals surface area contributed by atoms with Crippen LogP contribution in [0.1, 0.15) is 19.8 Å². The Bertz CT molecular complexity index is 1210. The van der Waals surface area contributed by atoms with Gasteiger partial charge >= 0.3 is 5.97 Å². The lowest BCUT2D eigenvalue weighted by atomic mass is 9.96. The minimum absolute atomic E-state index is 0.0111. The van der Waals surface area contributed by atoms with E-state index in [0.717, 1.165) is 47.5 Å². The molecule has 0 amide bonds. The van der Waals surface area contributed by atoms with Gasteiger partial charge in [-0.3, -0.25) is 9.78 Å². The molecule has 5 rings (SSSR count). The van der Waals surface area contributed by atoms with Crippen LogP contribution >= 0.6 is 11.3 Å². The number of piperidine rings is 1. The Morgan fingerprint density at radius 1 is 1.13 bits per heavy atom. The SMILES string of the molecule is CCOC(=O)C1CCN(c2ccsc2-c2cnc3cc4ccccc4cc3n2)CC1. The van der Waals surface area contributed by atoms with E-state index in [1.54, 1.807) is 11.3 Å². The largest absolute Gasteiger partial charge is 0.466 e. The summed E-state index contributed by atoms with van der Waals surface area (Å²) in [6.45, 7) is 4.00. The zero-order valence-electron chi connectivity index (χ0n) is 16.9. The molecule has 30 heavy (non-hydrogen) atoms. The minimum atomic E-state index is -0.0599. The Morgan fingerprint density at radius 2 is 1.87 bits per heavy atom. The second-order valence-corrected chi connectivity index (χ2v) is 8.51. The van der Waals surface area contributed by atoms with Gasteiger partial charge in [0.1, 0.15) is 5.69 Å². The summed E-state index contributed by atoms with van der Waals surface area (Å²) < 4.78 is 5.20. The van der Waals surface area contributed by atoms with Gasteiger partial charge < -0.3 is 9.64 Å². The summed E-state index contributed by atoms with van der Waals surface area (Å²) in [7, 11) is 0. The lowest BCUT2D eigenvalue weighted by Crippen LogP contribution is -2.37. The molecule has 0 N–H and O–H groups in total. The molecule has 1 aliphatic rings. The van der Waals surface area contributed by atoms with Gasteiger partial charge in [-0.1, -0.05) is 24.3 Å². The molecule has 0 saturated carbocycles. The van der Waals surface area contributed by atoms with Crippen LogP contribution in [0.5, 0.6) is 0 Å². The average Bonchev–Trinajstić information content (AvgIpc) is 3.27. The summed E-state index contributed by atoms with van der Waals surface area (Å²) in [5, 5.41) is 4.45. The molecule has 1 aliphatic heterocycles. The molecule has 6 heteroatoms. The maximum atomic E-state index is 12.0. The molecule has 4 aromatic rings. The number of hydrogen-bond donors (Lipinski definition) is 0. The average molecular weight is 418 g/mol. The highest BCUT2D eigenvalue weighted by Crippen LogP contribution is 2.37. The predicted octanol–water partition coefficient (Wildman–Crippen LogP) is 5.29. The van der Waals surface area contributed by atoms with E-state index in [4.69, 9.17) is 14.7 Å². The minimum Gasteiger partial charge on any atom is -0.466 e. The van der Waals surface area contributed by atoms with Crippen molar-refractivity contribution in [2.24, 2.45) is 5.92 Å². The number of fused-ring (bicyclic) bond motifs is 2. The first-order valence-electron chi connectivity index (χ1n) is 10.4. The molecule has 3 heterocycles. The van der Waals surface area contributed by atoms with Crippen molar-refractivity contribution in [2.75, 3.05) is 24.6 Å². The predicted molar refractivity (Wildman–Crippen MR) is 122 cm³/mol. The highest BCUT2D eigenvalue weighted by Gasteiger charge is 2.27. The van der Waals surface area contributed by atoms with Crippen LogP contribution in [0.3, 0.4) is 0 Å². The maximum Gasteiger partial charge on any atom is 0.309 e. The molecule has 1 fully saturated rings. The number of esters is 1. The molecule has 1 saturated heterocycles. The van der Waals surface area contributed by atoms with Crippen LogP contribution < -0.4 is 4.90 Å². The van der Waals surface area contributed by atoms with Crippen molar-refractivity contribution in [3.8, 4) is 10.6 Å². The topological polar surface area (TPSA) is 55.3 Å². The highest BCUT2D eigenvalue weighted by atomic mass is 32.1. The van der Waals surface area contributed by atoms with Gasteiger partial charge in [0.25, 0.3) is 0 Å². The molecule has 0 radical (unpaired) electrons. The van der Waals surface area contributed by atoms with E-state index < -0.39 is 0 Å². The van der Waals surface area contributed by atoms with Crippen LogP contribution in [0.25, 0.3) is 32.4 Å². The molecule has 2 aromatic heterocycles. The van der Waals surface area contributed by atoms with Crippen molar-refractivity contribution >= 4 is 44.8 Å². The van der Waals surface area contributed by atoms with Crippen LogP contribution in [0.4, 0.5) is 5.69 Å². The molecular weight excluding hydrogens is 394 g/mol. The van der Waals surface area contributed by atoms with Gasteiger partial charge in [0.05, 0.1) is 40.3 Å². The molecule has 0 bridgehead atoms. The fourth-order valence-electron chi connectivity index (χ4n) is 4.17. The molecule has 152 valence electrons. The first-order chi connectivity index (χ1) is 14.7. The number of ether oxygens (including phenoxy) is 1. The van der Waals surface area contributed by atoms with Crippen molar-refractivity contribution in [2.45, 2.75) is 19.8 Å². The van der Waals surface area contributed by atoms with E-state index in [-0.39, 0.29) is 11.9 Å². The summed E-state index contributed by atoms with van der Waals surface area (Å²) in [5.41, 5.74) is 3.89. The van der Waals surface area contributed by atoms with Gasteiger partial charge in [-0.2, -0.15) is 0 Å². The molecule has 0 atom stereocenters. The van der Waals surface area contributed by atoms with Gasteiger partial charge in [-0.05, 0) is 54.1 Å². The summed E-state index contributed by atoms with van der Waals surface area (Å²) in [6, 6.07) is 14.6. The van der Waals surface area contributed by atoms with Crippen molar-refractivity contribution in [1.82, 2.24) is 9.97 Å². The summed E-state index contributed by atoms with van der Waals surface area (Å²) >= 11 is 1.69. The van der Waals surface area contributed by atoms with Crippen LogP contribution in [0.15, 0.2) is 54.0 Å². The third kappa shape index (κ3) is 3.52. The van der Waals surface area contributed by atoms with Crippen LogP contribution in [-0.2, 0) is 9.53 Å². The van der Waals surface area contributed by atoms with Crippen LogP contribution in [0, 0.1) is 5.92 Å². The van der Waals surface area contributed by atoms with Crippen LogP contribution in [-0.4, -0.2) is 35.6 Å². The Hall–Kier alpha value is -2.99. The van der Waals surface area contributed by atoms with E-state index in [9.17, 15) is 4.79 Å². The number of anilines is 1. The lowest BCUT2D eigenvalue weighted by molar-refractivity contribution is -0.148. The number of hydrogen-bond acceptors (Lipinski definition) is 6. The number of carbonyl (C=O) groups excluding carboxylic acids is 1. The van der Waals surface area contributed by atoms with Gasteiger partial charge in [0.15, 0.2) is 0 Å². The number of carbonyl (C=O) groups is 1. The Balaban J connectivity index is 1.42. The first-order valence-corrected chi connectivity index (χ1v) is 11.3. The molecule has 2 aromatic carbocycles. The van der Waals surface area contributed by atoms with E-state index >= 15 is 0 Å². The smallest absolute Gasteiger partial charge is 0.309 e. The monoisotopic (exact) mass is 417 g/mol. The summed E-state index contributed by atoms with van der Waals surface area (Å²) in [4.78, 5) is 25.2. The molecule has 5 nitrogen and oxygen atoms in total. The van der Waals surface area contributed by atoms with Gasteiger partial charge in [-0.15, -0.1) is 11.3 Å². The summed E-state index contributed by atoms with van der Waals surface area (Å²) in [6.07, 6.45) is 3.52. The fourth-order valence-corrected chi connectivity index (χ4v) is 5.04. The quantitative estimate of drug-likeness (QED) is 0.333. The van der Waals surface area contributed by atoms with E-state index in [2.05, 4.69) is 40.6 Å². The van der Waals surface area contributed by atoms with Gasteiger partial charge in [0, 0.05) is 13.1 Å². The van der Waals surface area contributed by atoms with Gasteiger partial charge in [-0.25, -0.2) is 4.98 Å². The normalized spacial score (nSPS) is 15.0. The number of thiophene rings is 1. The Labute approximate surface area is 179 Å². The van der Waals surface area contributed by atoms with Crippen molar-refractivity contribution in [3.05, 3.63) is 54.0 Å². The van der Waals surface area contributed by atoms with Crippen molar-refractivity contribution in [1.29, 1.82) is 0 Å². The maximum absolute atomic E-state index is 12.0. The zero-order chi connectivity index (χ0) is 20.5. The lowest BCUT2D eigenvalue weighted by Gasteiger charge is -2.32. The Morgan fingerprint density at radius 3 is 2.60 bits per heavy atom. The zero-order valence-corrected chi connectivity index (χ0v) is 17.7. The standard InChI is InChI=1S/C24H23N3O2S/c1-2-29-24(28)16-7-10-27(11-8-16)22-9-12-30-23(22)21-15-25-19-13-17-5-3-4-6-18(17)14-20(19)26-21/h3-6,9,12-16H,2,7-8,10-11H2,1H3. The van der Waals surface area contributed by atoms with E-state index in [1.807, 2.05) is 25.3 Å². The van der Waals surface area contributed by atoms with E-state index in [0.29, 0.717) is 6.61 Å². The third-order valence-corrected chi connectivity index (χ3v) is 6.67. The highest BCUT2D eigenvalue weighted by molar-refractivity contribution is 7.14. The van der Waals surface area contributed by atoms with Crippen molar-refractivity contribution in [3.63, 3.8) is 0 Å². The molecule has 0 unspecified atom stereocenters. The molecular formula is C24H23N3O2S. The second kappa shape index (κ2) is 8.03. The first kappa shape index (κ1) is 19.0. The third-order valence-electron chi connectivity index (χ3n) is 5.74. The second-order valence-electron chi connectivity index (χ2n) is 7.59. The van der Waals surface area contributed by atoms with Crippen LogP contribution in [0.2, 0.25) is 0 Å². The Kier molecular flexibility index (Phi) is 5.09. The number of benzene rings is 2.